The zero-order chi connectivity index (χ0) is 21.4. The summed E-state index contributed by atoms with van der Waals surface area (Å²) < 4.78 is 12.3. The van der Waals surface area contributed by atoms with Crippen LogP contribution in [-0.2, 0) is 9.47 Å². The molecular formula is C22H25N5O3S. The average Bonchev–Trinajstić information content (AvgIpc) is 3.37. The Bertz CT molecular complexity index is 1090. The van der Waals surface area contributed by atoms with E-state index >= 15 is 0 Å². The molecule has 2 fully saturated rings. The standard InChI is InChI=1S/C22H25N5O3S/c1-13-24-16-7-8-23-20(16)21(25-13)27-9-17-18(10-27)30-12-14(11-29-17)26-22(28)15-5-3-4-6-19(15)31-2/h3-8,14,17-18,23H,9-12H2,1-2H3,(H,26,28)/t17-,18-/m0/s1. The fraction of sp³-hybridized carbons (Fsp3) is 0.409. The molecule has 2 aromatic heterocycles. The van der Waals surface area contributed by atoms with Gasteiger partial charge in [-0.05, 0) is 31.4 Å². The molecule has 2 atom stereocenters. The molecule has 5 rings (SSSR count). The molecule has 31 heavy (non-hydrogen) atoms. The van der Waals surface area contributed by atoms with Gasteiger partial charge in [-0.3, -0.25) is 4.79 Å². The van der Waals surface area contributed by atoms with Crippen LogP contribution in [0.2, 0.25) is 0 Å². The molecule has 0 aliphatic carbocycles. The van der Waals surface area contributed by atoms with Gasteiger partial charge in [0.2, 0.25) is 0 Å². The van der Waals surface area contributed by atoms with Crippen LogP contribution in [0, 0.1) is 6.92 Å². The van der Waals surface area contributed by atoms with Gasteiger partial charge in [-0.1, -0.05) is 12.1 Å². The van der Waals surface area contributed by atoms with Crippen molar-refractivity contribution in [3.05, 3.63) is 47.9 Å². The van der Waals surface area contributed by atoms with Crippen molar-refractivity contribution in [2.24, 2.45) is 0 Å². The number of thioether (sulfide) groups is 1. The maximum atomic E-state index is 12.8. The topological polar surface area (TPSA) is 92.4 Å². The Hall–Kier alpha value is -2.62. The molecule has 0 radical (unpaired) electrons. The van der Waals surface area contributed by atoms with E-state index in [9.17, 15) is 4.79 Å². The molecule has 1 aromatic carbocycles. The van der Waals surface area contributed by atoms with Gasteiger partial charge in [-0.25, -0.2) is 9.97 Å². The molecule has 1 amide bonds. The highest BCUT2D eigenvalue weighted by molar-refractivity contribution is 7.98. The van der Waals surface area contributed by atoms with E-state index in [1.165, 1.54) is 0 Å². The smallest absolute Gasteiger partial charge is 0.252 e. The lowest BCUT2D eigenvalue weighted by molar-refractivity contribution is -0.00461. The van der Waals surface area contributed by atoms with Gasteiger partial charge >= 0.3 is 0 Å². The van der Waals surface area contributed by atoms with E-state index in [4.69, 9.17) is 9.47 Å². The van der Waals surface area contributed by atoms with Crippen LogP contribution >= 0.6 is 11.8 Å². The van der Waals surface area contributed by atoms with Gasteiger partial charge in [0.1, 0.15) is 23.5 Å². The number of rotatable bonds is 4. The minimum absolute atomic E-state index is 0.0688. The molecule has 2 saturated heterocycles. The van der Waals surface area contributed by atoms with Crippen molar-refractivity contribution in [2.75, 3.05) is 37.5 Å². The SMILES string of the molecule is CSc1ccccc1C(=O)NC1CO[C@H]2CN(c3nc(C)nc4cc[nH]c34)C[C@@H]2OC1. The van der Waals surface area contributed by atoms with E-state index in [0.29, 0.717) is 31.9 Å². The normalized spacial score (nSPS) is 21.8. The molecule has 0 spiro atoms. The van der Waals surface area contributed by atoms with Crippen molar-refractivity contribution in [1.82, 2.24) is 20.3 Å². The van der Waals surface area contributed by atoms with Crippen LogP contribution < -0.4 is 10.2 Å². The number of amides is 1. The zero-order valence-electron chi connectivity index (χ0n) is 17.5. The van der Waals surface area contributed by atoms with E-state index in [1.807, 2.05) is 49.7 Å². The third kappa shape index (κ3) is 4.00. The Kier molecular flexibility index (Phi) is 5.56. The first kappa shape index (κ1) is 20.3. The summed E-state index contributed by atoms with van der Waals surface area (Å²) in [6.07, 6.45) is 3.71. The van der Waals surface area contributed by atoms with Crippen LogP contribution in [0.5, 0.6) is 0 Å². The molecule has 162 valence electrons. The van der Waals surface area contributed by atoms with Gasteiger partial charge in [-0.15, -0.1) is 11.8 Å². The number of carbonyl (C=O) groups excluding carboxylic acids is 1. The van der Waals surface area contributed by atoms with Crippen LogP contribution in [0.1, 0.15) is 16.2 Å². The van der Waals surface area contributed by atoms with Crippen molar-refractivity contribution < 1.29 is 14.3 Å². The maximum Gasteiger partial charge on any atom is 0.252 e. The number of benzene rings is 1. The van der Waals surface area contributed by atoms with Crippen LogP contribution in [-0.4, -0.2) is 71.7 Å². The monoisotopic (exact) mass is 439 g/mol. The highest BCUT2D eigenvalue weighted by Crippen LogP contribution is 2.29. The molecule has 2 aliphatic heterocycles. The van der Waals surface area contributed by atoms with Crippen molar-refractivity contribution >= 4 is 34.5 Å². The summed E-state index contributed by atoms with van der Waals surface area (Å²) in [5.41, 5.74) is 2.52. The second-order valence-electron chi connectivity index (χ2n) is 7.85. The van der Waals surface area contributed by atoms with Crippen LogP contribution in [0.4, 0.5) is 5.82 Å². The number of aryl methyl sites for hydroxylation is 1. The number of nitrogens with one attached hydrogen (secondary N) is 2. The Morgan fingerprint density at radius 2 is 1.90 bits per heavy atom. The maximum absolute atomic E-state index is 12.8. The minimum atomic E-state index is -0.183. The van der Waals surface area contributed by atoms with E-state index in [-0.39, 0.29) is 24.2 Å². The largest absolute Gasteiger partial charge is 0.371 e. The molecule has 0 bridgehead atoms. The molecule has 0 saturated carbocycles. The predicted octanol–water partition coefficient (Wildman–Crippen LogP) is 2.39. The fourth-order valence-corrected chi connectivity index (χ4v) is 4.81. The third-order valence-electron chi connectivity index (χ3n) is 5.72. The first-order valence-electron chi connectivity index (χ1n) is 10.4. The molecule has 2 N–H and O–H groups in total. The number of hydrogen-bond donors (Lipinski definition) is 2. The highest BCUT2D eigenvalue weighted by atomic mass is 32.2. The Labute approximate surface area is 184 Å². The van der Waals surface area contributed by atoms with Gasteiger partial charge < -0.3 is 24.7 Å². The molecule has 8 nitrogen and oxygen atoms in total. The lowest BCUT2D eigenvalue weighted by Gasteiger charge is -2.21. The number of nitrogens with zero attached hydrogens (tertiary/aromatic N) is 3. The van der Waals surface area contributed by atoms with Gasteiger partial charge in [0.05, 0.1) is 30.3 Å². The first-order valence-corrected chi connectivity index (χ1v) is 11.6. The van der Waals surface area contributed by atoms with Gasteiger partial charge in [0, 0.05) is 24.2 Å². The summed E-state index contributed by atoms with van der Waals surface area (Å²) in [5, 5.41) is 3.07. The highest BCUT2D eigenvalue weighted by Gasteiger charge is 2.39. The number of hydrogen-bond acceptors (Lipinski definition) is 7. The van der Waals surface area contributed by atoms with Gasteiger partial charge in [-0.2, -0.15) is 0 Å². The van der Waals surface area contributed by atoms with E-state index in [1.54, 1.807) is 11.8 Å². The Balaban J connectivity index is 1.24. The quantitative estimate of drug-likeness (QED) is 0.603. The third-order valence-corrected chi connectivity index (χ3v) is 6.52. The number of H-pyrrole nitrogens is 1. The van der Waals surface area contributed by atoms with Crippen LogP contribution in [0.3, 0.4) is 0 Å². The van der Waals surface area contributed by atoms with E-state index in [2.05, 4.69) is 25.2 Å². The second-order valence-corrected chi connectivity index (χ2v) is 8.70. The molecule has 9 heteroatoms. The molecule has 3 aromatic rings. The van der Waals surface area contributed by atoms with Crippen molar-refractivity contribution in [3.63, 3.8) is 0 Å². The van der Waals surface area contributed by atoms with Crippen LogP contribution in [0.15, 0.2) is 41.4 Å². The number of carbonyl (C=O) groups is 1. The summed E-state index contributed by atoms with van der Waals surface area (Å²) in [7, 11) is 0. The number of aromatic nitrogens is 3. The van der Waals surface area contributed by atoms with Crippen LogP contribution in [0.25, 0.3) is 11.0 Å². The predicted molar refractivity (Wildman–Crippen MR) is 120 cm³/mol. The van der Waals surface area contributed by atoms with Gasteiger partial charge in [0.15, 0.2) is 5.82 Å². The fourth-order valence-electron chi connectivity index (χ4n) is 4.21. The Morgan fingerprint density at radius 1 is 1.16 bits per heavy atom. The summed E-state index contributed by atoms with van der Waals surface area (Å²) in [5.74, 6) is 1.53. The molecular weight excluding hydrogens is 414 g/mol. The Morgan fingerprint density at radius 3 is 2.65 bits per heavy atom. The van der Waals surface area contributed by atoms with Crippen molar-refractivity contribution in [2.45, 2.75) is 30.1 Å². The first-order chi connectivity index (χ1) is 15.1. The van der Waals surface area contributed by atoms with E-state index in [0.717, 1.165) is 27.6 Å². The number of aromatic amines is 1. The lowest BCUT2D eigenvalue weighted by atomic mass is 10.2. The minimum Gasteiger partial charge on any atom is -0.371 e. The lowest BCUT2D eigenvalue weighted by Crippen LogP contribution is -2.41. The number of anilines is 1. The molecule has 0 unspecified atom stereocenters. The number of ether oxygens (including phenoxy) is 2. The average molecular weight is 440 g/mol. The zero-order valence-corrected chi connectivity index (χ0v) is 18.3. The summed E-state index contributed by atoms with van der Waals surface area (Å²) in [6.45, 7) is 4.11. The van der Waals surface area contributed by atoms with Crippen molar-refractivity contribution in [3.8, 4) is 0 Å². The summed E-state index contributed by atoms with van der Waals surface area (Å²) in [6, 6.07) is 9.39. The number of fused-ring (bicyclic) bond motifs is 2. The van der Waals surface area contributed by atoms with E-state index < -0.39 is 0 Å². The van der Waals surface area contributed by atoms with Crippen molar-refractivity contribution in [1.29, 1.82) is 0 Å². The molecule has 4 heterocycles. The second kappa shape index (κ2) is 8.49. The van der Waals surface area contributed by atoms with Gasteiger partial charge in [0.25, 0.3) is 5.91 Å². The summed E-state index contributed by atoms with van der Waals surface area (Å²) in [4.78, 5) is 28.3. The molecule has 2 aliphatic rings. The summed E-state index contributed by atoms with van der Waals surface area (Å²) >= 11 is 1.56.